The number of benzene rings is 3. The Labute approximate surface area is 282 Å². The van der Waals surface area contributed by atoms with Gasteiger partial charge in [-0.25, -0.2) is 0 Å². The van der Waals surface area contributed by atoms with Crippen molar-refractivity contribution < 1.29 is 39.0 Å². The second kappa shape index (κ2) is 22.1. The zero-order valence-corrected chi connectivity index (χ0v) is 30.3. The van der Waals surface area contributed by atoms with Crippen LogP contribution >= 0.6 is 16.1 Å². The van der Waals surface area contributed by atoms with Crippen LogP contribution < -0.4 is 15.9 Å². The third kappa shape index (κ3) is 15.3. The maximum absolute atomic E-state index is 9.75. The Morgan fingerprint density at radius 2 is 0.778 bits per heavy atom. The topological polar surface area (TPSA) is 26.4 Å². The van der Waals surface area contributed by atoms with E-state index >= 15 is 0 Å². The molecule has 45 heavy (non-hydrogen) atoms. The first-order valence-corrected chi connectivity index (χ1v) is 17.4. The quantitative estimate of drug-likeness (QED) is 0.0906. The third-order valence-electron chi connectivity index (χ3n) is 7.73. The van der Waals surface area contributed by atoms with E-state index in [1.165, 1.54) is 58.6 Å². The van der Waals surface area contributed by atoms with Crippen LogP contribution in [0, 0.1) is 36.2 Å². The third-order valence-corrected chi connectivity index (χ3v) is 12.8. The molecule has 5 radical (unpaired) electrons. The second-order valence-corrected chi connectivity index (χ2v) is 15.2. The van der Waals surface area contributed by atoms with Gasteiger partial charge in [0.05, 0.1) is 19.8 Å². The van der Waals surface area contributed by atoms with Crippen molar-refractivity contribution in [2.24, 2.45) is 0 Å². The summed E-state index contributed by atoms with van der Waals surface area (Å²) in [6, 6.07) is 32.3. The predicted octanol–water partition coefficient (Wildman–Crippen LogP) is 8.21. The molecule has 3 aromatic carbocycles. The summed E-state index contributed by atoms with van der Waals surface area (Å²) in [5.74, 6) is 7.34. The molecule has 2 aliphatic rings. The summed E-state index contributed by atoms with van der Waals surface area (Å²) in [4.78, 5) is 0. The minimum Gasteiger partial charge on any atom is -0.0622 e. The molecule has 0 bridgehead atoms. The molecule has 1 aliphatic carbocycles. The van der Waals surface area contributed by atoms with Crippen molar-refractivity contribution >= 4 is 39.3 Å². The van der Waals surface area contributed by atoms with Crippen LogP contribution in [0.3, 0.4) is 0 Å². The SMILES string of the molecule is CN1CCN(C)[PH+]1C.C[C]1[C](C)[C](C)[C](C)[C]1C.F[B-](F)(F)F.[C-]#[O+].[Fe].c1ccc(P(c2ccccc2)c2ccccc2)cc1. The van der Waals surface area contributed by atoms with Gasteiger partial charge in [0.2, 0.25) is 0 Å². The van der Waals surface area contributed by atoms with Gasteiger partial charge in [-0.2, -0.15) is 9.34 Å². The van der Waals surface area contributed by atoms with Crippen LogP contribution in [0.15, 0.2) is 91.0 Å². The molecule has 1 aliphatic heterocycles. The predicted molar refractivity (Wildman–Crippen MR) is 183 cm³/mol. The molecular weight excluding hydrogens is 657 g/mol. The van der Waals surface area contributed by atoms with Gasteiger partial charge in [-0.15, -0.1) is 0 Å². The van der Waals surface area contributed by atoms with E-state index in [4.69, 9.17) is 4.65 Å². The van der Waals surface area contributed by atoms with E-state index < -0.39 is 15.2 Å². The van der Waals surface area contributed by atoms with E-state index in [0.717, 1.165) is 0 Å². The van der Waals surface area contributed by atoms with Crippen molar-refractivity contribution in [3.05, 3.63) is 127 Å². The largest absolute Gasteiger partial charge is 0.0622 e. The van der Waals surface area contributed by atoms with Crippen molar-refractivity contribution in [2.45, 2.75) is 34.6 Å². The Morgan fingerprint density at radius 3 is 0.933 bits per heavy atom. The van der Waals surface area contributed by atoms with Gasteiger partial charge >= 0.3 is 18.6 Å². The zero-order valence-electron chi connectivity index (χ0n) is 27.3. The number of likely N-dealkylation sites (N-methyl/N-ethyl adjacent to an activating group) is 2. The van der Waals surface area contributed by atoms with Crippen molar-refractivity contribution in [1.29, 1.82) is 0 Å². The molecule has 0 aromatic heterocycles. The van der Waals surface area contributed by atoms with Gasteiger partial charge in [-0.3, -0.25) is 0 Å². The van der Waals surface area contributed by atoms with E-state index in [9.17, 15) is 17.3 Å². The number of rotatable bonds is 3. The van der Waals surface area contributed by atoms with Gasteiger partial charge in [-0.1, -0.05) is 126 Å². The molecular formula is C34H44BF4FeN2OP2. The standard InChI is InChI=1S/C18H15P.C10H15.C5H13N2P.CO.BF4.Fe/c1-4-10-16(11-5-1)19(17-12-6-2-7-13-17)18-14-8-3-9-15-18;1-6-7(2)9(4)10(5)8(6)3;1-6-4-5-7(2)8(6)3;1-2;2-1(3,4)5;/h1-15H;1-5H3;4-5H2,1-3H3;;;/q;;;;-1;/p+1. The molecule has 1 saturated carbocycles. The molecule has 2 fully saturated rings. The fourth-order valence-corrected chi connectivity index (χ4v) is 8.23. The van der Waals surface area contributed by atoms with E-state index in [0.29, 0.717) is 0 Å². The number of halogens is 4. The molecule has 245 valence electrons. The molecule has 11 heteroatoms. The van der Waals surface area contributed by atoms with Gasteiger partial charge in [0, 0.05) is 31.2 Å². The normalized spacial score (nSPS) is 17.0. The Morgan fingerprint density at radius 1 is 0.578 bits per heavy atom. The summed E-state index contributed by atoms with van der Waals surface area (Å²) in [5.41, 5.74) is 0. The van der Waals surface area contributed by atoms with Crippen molar-refractivity contribution in [3.63, 3.8) is 0 Å². The molecule has 3 aromatic rings. The fraction of sp³-hybridized carbons (Fsp3) is 0.294. The van der Waals surface area contributed by atoms with Crippen LogP contribution in [0.1, 0.15) is 34.6 Å². The van der Waals surface area contributed by atoms with Crippen LogP contribution in [0.25, 0.3) is 0 Å². The van der Waals surface area contributed by atoms with Gasteiger partial charge < -0.3 is 17.3 Å². The first-order valence-electron chi connectivity index (χ1n) is 14.2. The number of hydrogen-bond acceptors (Lipinski definition) is 2. The van der Waals surface area contributed by atoms with Crippen LogP contribution in [0.5, 0.6) is 0 Å². The molecule has 1 heterocycles. The molecule has 0 atom stereocenters. The number of nitrogens with zero attached hydrogens (tertiary/aromatic N) is 2. The van der Waals surface area contributed by atoms with Crippen LogP contribution in [0.2, 0.25) is 0 Å². The van der Waals surface area contributed by atoms with E-state index in [1.54, 1.807) is 0 Å². The van der Waals surface area contributed by atoms with Crippen LogP contribution in [-0.4, -0.2) is 50.4 Å². The second-order valence-electron chi connectivity index (χ2n) is 10.4. The van der Waals surface area contributed by atoms with Gasteiger partial charge in [0.1, 0.15) is 8.22 Å². The summed E-state index contributed by atoms with van der Waals surface area (Å²) in [6.45, 7) is 20.4. The maximum Gasteiger partial charge on any atom is 0 e. The molecule has 1 saturated heterocycles. The summed E-state index contributed by atoms with van der Waals surface area (Å²) >= 11 is 0. The van der Waals surface area contributed by atoms with Crippen LogP contribution in [0.4, 0.5) is 17.3 Å². The Kier molecular flexibility index (Phi) is 21.4. The maximum atomic E-state index is 9.75. The Hall–Kier alpha value is -1.52. The van der Waals surface area contributed by atoms with Gasteiger partial charge in [0.25, 0.3) is 0 Å². The smallest absolute Gasteiger partial charge is 0 e. The average molecular weight is 701 g/mol. The van der Waals surface area contributed by atoms with E-state index in [1.807, 2.05) is 0 Å². The van der Waals surface area contributed by atoms with Gasteiger partial charge in [-0.05, 0) is 53.4 Å². The summed E-state index contributed by atoms with van der Waals surface area (Å²) < 4.78 is 51.4. The minimum absolute atomic E-state index is 0. The van der Waals surface area contributed by atoms with Gasteiger partial charge in [0.15, 0.2) is 0 Å². The molecule has 0 spiro atoms. The molecule has 3 nitrogen and oxygen atoms in total. The first-order chi connectivity index (χ1) is 20.7. The number of hydrogen-bond donors (Lipinski definition) is 0. The van der Waals surface area contributed by atoms with Crippen LogP contribution in [-0.2, 0) is 21.7 Å². The Bertz CT molecular complexity index is 1040. The summed E-state index contributed by atoms with van der Waals surface area (Å²) in [5, 5.41) is 4.19. The summed E-state index contributed by atoms with van der Waals surface area (Å²) in [6.07, 6.45) is 0. The Balaban J connectivity index is 0.000000630. The van der Waals surface area contributed by atoms with Crippen molar-refractivity contribution in [2.75, 3.05) is 33.8 Å². The average Bonchev–Trinajstić information content (AvgIpc) is 3.40. The monoisotopic (exact) mass is 701 g/mol. The van der Waals surface area contributed by atoms with Crippen molar-refractivity contribution in [3.8, 4) is 0 Å². The molecule has 0 unspecified atom stereocenters. The zero-order chi connectivity index (χ0) is 33.4. The molecule has 0 N–H and O–H groups in total. The molecule has 5 rings (SSSR count). The van der Waals surface area contributed by atoms with E-state index in [-0.39, 0.29) is 25.3 Å². The fourth-order valence-electron chi connectivity index (χ4n) is 4.50. The van der Waals surface area contributed by atoms with E-state index in [2.05, 4.69) is 162 Å². The molecule has 0 amide bonds. The first kappa shape index (κ1) is 43.5. The minimum atomic E-state index is -6.00. The van der Waals surface area contributed by atoms with Crippen molar-refractivity contribution in [1.82, 2.24) is 9.34 Å². The summed E-state index contributed by atoms with van der Waals surface area (Å²) in [7, 11) is -2.28.